The van der Waals surface area contributed by atoms with Gasteiger partial charge in [-0.2, -0.15) is 0 Å². The molecule has 0 spiro atoms. The van der Waals surface area contributed by atoms with E-state index in [1.807, 2.05) is 0 Å². The first kappa shape index (κ1) is 15.2. The van der Waals surface area contributed by atoms with Gasteiger partial charge in [-0.15, -0.1) is 0 Å². The van der Waals surface area contributed by atoms with Crippen molar-refractivity contribution < 1.29 is 19.6 Å². The maximum absolute atomic E-state index is 12.1. The predicted octanol–water partition coefficient (Wildman–Crippen LogP) is 2.23. The molecule has 0 heterocycles. The van der Waals surface area contributed by atoms with Crippen LogP contribution in [0.3, 0.4) is 0 Å². The second-order valence-corrected chi connectivity index (χ2v) is 5.34. The maximum Gasteiger partial charge on any atom is 0.305 e. The molecule has 21 heavy (non-hydrogen) atoms. The summed E-state index contributed by atoms with van der Waals surface area (Å²) in [6, 6.07) is 3.10. The summed E-state index contributed by atoms with van der Waals surface area (Å²) >= 11 is 5.87. The molecule has 1 aromatic rings. The van der Waals surface area contributed by atoms with Crippen molar-refractivity contribution in [3.63, 3.8) is 0 Å². The van der Waals surface area contributed by atoms with E-state index in [0.29, 0.717) is 0 Å². The zero-order valence-electron chi connectivity index (χ0n) is 10.9. The first-order valence-corrected chi connectivity index (χ1v) is 6.73. The second-order valence-electron chi connectivity index (χ2n) is 4.94. The molecular weight excluding hydrogens is 300 g/mol. The summed E-state index contributed by atoms with van der Waals surface area (Å²) in [5, 5.41) is 22.1. The minimum atomic E-state index is -0.984. The molecule has 1 aliphatic rings. The van der Waals surface area contributed by atoms with Gasteiger partial charge in [-0.1, -0.05) is 11.6 Å². The molecule has 7 nitrogen and oxygen atoms in total. The Bertz CT molecular complexity index is 600. The largest absolute Gasteiger partial charge is 0.481 e. The van der Waals surface area contributed by atoms with Crippen LogP contribution in [0.25, 0.3) is 0 Å². The maximum atomic E-state index is 12.1. The number of hydrogen-bond acceptors (Lipinski definition) is 4. The minimum Gasteiger partial charge on any atom is -0.481 e. The van der Waals surface area contributed by atoms with Crippen LogP contribution < -0.4 is 5.32 Å². The van der Waals surface area contributed by atoms with Crippen LogP contribution in [0, 0.1) is 16.0 Å². The molecule has 1 amide bonds. The number of amides is 1. The number of carboxylic acid groups (broad SMARTS) is 1. The number of rotatable bonds is 6. The molecule has 2 N–H and O–H groups in total. The molecule has 1 unspecified atom stereocenters. The van der Waals surface area contributed by atoms with Gasteiger partial charge in [-0.3, -0.25) is 19.7 Å². The molecule has 1 atom stereocenters. The SMILES string of the molecule is O=C(O)CC(NC(=O)c1ccc([N+](=O)[O-])cc1Cl)C1CC1. The van der Waals surface area contributed by atoms with Crippen molar-refractivity contribution in [3.05, 3.63) is 38.9 Å². The van der Waals surface area contributed by atoms with E-state index in [1.54, 1.807) is 0 Å². The highest BCUT2D eigenvalue weighted by Gasteiger charge is 2.34. The lowest BCUT2D eigenvalue weighted by molar-refractivity contribution is -0.384. The van der Waals surface area contributed by atoms with E-state index in [2.05, 4.69) is 5.32 Å². The fraction of sp³-hybridized carbons (Fsp3) is 0.385. The molecular formula is C13H13ClN2O5. The van der Waals surface area contributed by atoms with E-state index in [0.717, 1.165) is 18.9 Å². The molecule has 0 aliphatic heterocycles. The Labute approximate surface area is 125 Å². The Hall–Kier alpha value is -2.15. The molecule has 1 aliphatic carbocycles. The first-order chi connectivity index (χ1) is 9.88. The Kier molecular flexibility index (Phi) is 4.42. The van der Waals surface area contributed by atoms with Crippen molar-refractivity contribution in [2.24, 2.45) is 5.92 Å². The first-order valence-electron chi connectivity index (χ1n) is 6.35. The summed E-state index contributed by atoms with van der Waals surface area (Å²) in [7, 11) is 0. The Morgan fingerprint density at radius 1 is 1.48 bits per heavy atom. The number of halogens is 1. The number of carbonyl (C=O) groups is 2. The van der Waals surface area contributed by atoms with Crippen molar-refractivity contribution in [2.45, 2.75) is 25.3 Å². The zero-order valence-corrected chi connectivity index (χ0v) is 11.7. The van der Waals surface area contributed by atoms with Gasteiger partial charge in [0, 0.05) is 18.2 Å². The number of aliphatic carboxylic acids is 1. The Morgan fingerprint density at radius 3 is 2.62 bits per heavy atom. The Morgan fingerprint density at radius 2 is 2.14 bits per heavy atom. The number of nitrogens with one attached hydrogen (secondary N) is 1. The van der Waals surface area contributed by atoms with E-state index in [-0.39, 0.29) is 28.6 Å². The lowest BCUT2D eigenvalue weighted by atomic mass is 10.1. The van der Waals surface area contributed by atoms with E-state index in [1.165, 1.54) is 12.1 Å². The normalized spacial score (nSPS) is 15.3. The van der Waals surface area contributed by atoms with Crippen molar-refractivity contribution in [2.75, 3.05) is 0 Å². The van der Waals surface area contributed by atoms with Crippen LogP contribution >= 0.6 is 11.6 Å². The number of non-ortho nitro benzene ring substituents is 1. The molecule has 1 fully saturated rings. The summed E-state index contributed by atoms with van der Waals surface area (Å²) in [5.74, 6) is -1.34. The lowest BCUT2D eigenvalue weighted by Crippen LogP contribution is -2.38. The number of nitro benzene ring substituents is 1. The van der Waals surface area contributed by atoms with Crippen LogP contribution in [0.15, 0.2) is 18.2 Å². The van der Waals surface area contributed by atoms with Crippen LogP contribution in [-0.4, -0.2) is 27.9 Å². The summed E-state index contributed by atoms with van der Waals surface area (Å²) in [4.78, 5) is 32.9. The van der Waals surface area contributed by atoms with Gasteiger partial charge in [0.2, 0.25) is 0 Å². The molecule has 0 bridgehead atoms. The number of carbonyl (C=O) groups excluding carboxylic acids is 1. The molecule has 2 rings (SSSR count). The zero-order chi connectivity index (χ0) is 15.6. The predicted molar refractivity (Wildman–Crippen MR) is 74.3 cm³/mol. The molecule has 1 aromatic carbocycles. The molecule has 8 heteroatoms. The highest BCUT2D eigenvalue weighted by atomic mass is 35.5. The summed E-state index contributed by atoms with van der Waals surface area (Å²) in [6.45, 7) is 0. The minimum absolute atomic E-state index is 0.0356. The van der Waals surface area contributed by atoms with Crippen LogP contribution in [0.4, 0.5) is 5.69 Å². The van der Waals surface area contributed by atoms with Gasteiger partial charge < -0.3 is 10.4 Å². The van der Waals surface area contributed by atoms with Crippen molar-refractivity contribution in [3.8, 4) is 0 Å². The topological polar surface area (TPSA) is 110 Å². The molecule has 1 saturated carbocycles. The van der Waals surface area contributed by atoms with Gasteiger partial charge in [0.1, 0.15) is 0 Å². The van der Waals surface area contributed by atoms with E-state index in [4.69, 9.17) is 16.7 Å². The van der Waals surface area contributed by atoms with Gasteiger partial charge in [0.15, 0.2) is 0 Å². The van der Waals surface area contributed by atoms with Crippen LogP contribution in [0.1, 0.15) is 29.6 Å². The van der Waals surface area contributed by atoms with E-state index < -0.39 is 22.8 Å². The summed E-state index contributed by atoms with van der Waals surface area (Å²) < 4.78 is 0. The quantitative estimate of drug-likeness (QED) is 0.618. The van der Waals surface area contributed by atoms with E-state index >= 15 is 0 Å². The number of benzene rings is 1. The third-order valence-electron chi connectivity index (χ3n) is 3.31. The number of nitro groups is 1. The third kappa shape index (κ3) is 3.91. The van der Waals surface area contributed by atoms with Crippen LogP contribution in [0.5, 0.6) is 0 Å². The fourth-order valence-corrected chi connectivity index (χ4v) is 2.33. The van der Waals surface area contributed by atoms with Crippen LogP contribution in [-0.2, 0) is 4.79 Å². The number of hydrogen-bond donors (Lipinski definition) is 2. The summed E-state index contributed by atoms with van der Waals surface area (Å²) in [6.07, 6.45) is 1.61. The van der Waals surface area contributed by atoms with Gasteiger partial charge in [0.05, 0.1) is 21.9 Å². The fourth-order valence-electron chi connectivity index (χ4n) is 2.07. The number of carboxylic acids is 1. The van der Waals surface area contributed by atoms with Gasteiger partial charge in [-0.05, 0) is 24.8 Å². The molecule has 0 radical (unpaired) electrons. The molecule has 0 aromatic heterocycles. The summed E-state index contributed by atoms with van der Waals surface area (Å²) in [5.41, 5.74) is -0.112. The highest BCUT2D eigenvalue weighted by molar-refractivity contribution is 6.34. The number of nitrogens with zero attached hydrogens (tertiary/aromatic N) is 1. The smallest absolute Gasteiger partial charge is 0.305 e. The van der Waals surface area contributed by atoms with Crippen molar-refractivity contribution >= 4 is 29.2 Å². The average Bonchev–Trinajstić information content (AvgIpc) is 3.21. The van der Waals surface area contributed by atoms with Gasteiger partial charge >= 0.3 is 5.97 Å². The average molecular weight is 313 g/mol. The second kappa shape index (κ2) is 6.09. The van der Waals surface area contributed by atoms with E-state index in [9.17, 15) is 19.7 Å². The molecule has 112 valence electrons. The van der Waals surface area contributed by atoms with Gasteiger partial charge in [-0.25, -0.2) is 0 Å². The van der Waals surface area contributed by atoms with Crippen molar-refractivity contribution in [1.82, 2.24) is 5.32 Å². The Balaban J connectivity index is 2.12. The van der Waals surface area contributed by atoms with Gasteiger partial charge in [0.25, 0.3) is 11.6 Å². The van der Waals surface area contributed by atoms with Crippen LogP contribution in [0.2, 0.25) is 5.02 Å². The molecule has 0 saturated heterocycles. The highest BCUT2D eigenvalue weighted by Crippen LogP contribution is 2.34. The standard InChI is InChI=1S/C13H13ClN2O5/c14-10-5-8(16(20)21)3-4-9(10)13(19)15-11(6-12(17)18)7-1-2-7/h3-5,7,11H,1-2,6H2,(H,15,19)(H,17,18). The third-order valence-corrected chi connectivity index (χ3v) is 3.62. The lowest BCUT2D eigenvalue weighted by Gasteiger charge is -2.16. The van der Waals surface area contributed by atoms with Crippen molar-refractivity contribution in [1.29, 1.82) is 0 Å². The monoisotopic (exact) mass is 312 g/mol.